The number of hydrogen-bond donors (Lipinski definition) is 0. The minimum atomic E-state index is -0.411. The number of nitro groups is 2. The molecule has 0 saturated carbocycles. The fraction of sp³-hybridized carbons (Fsp3) is 0.308. The Hall–Kier alpha value is -3.98. The minimum absolute atomic E-state index is 0.0242. The van der Waals surface area contributed by atoms with Gasteiger partial charge >= 0.3 is 0 Å². The van der Waals surface area contributed by atoms with Crippen LogP contribution in [-0.4, -0.2) is 54.6 Å². The smallest absolute Gasteiger partial charge is 0.269 e. The molecule has 1 heterocycles. The van der Waals surface area contributed by atoms with E-state index in [2.05, 4.69) is 15.9 Å². The van der Waals surface area contributed by atoms with E-state index in [1.807, 2.05) is 18.2 Å². The second-order valence-corrected chi connectivity index (χ2v) is 8.54. The number of non-ortho nitro benzene ring substituents is 2. The lowest BCUT2D eigenvalue weighted by Crippen LogP contribution is -2.46. The molecule has 0 N–H and O–H groups in total. The third-order valence-corrected chi connectivity index (χ3v) is 6.54. The standard InChI is InChI=1S/C26H28N4O5/c1-35-26-5-3-2-4-25(26)28-18-16-27(17-19-28)15-14-24(20-6-10-22(11-7-20)29(31)32)21-8-12-23(13-9-21)30(33)34/h2-13,24H,14-19H2,1H3. The lowest BCUT2D eigenvalue weighted by molar-refractivity contribution is -0.385. The molecule has 9 nitrogen and oxygen atoms in total. The van der Waals surface area contributed by atoms with Gasteiger partial charge in [-0.1, -0.05) is 36.4 Å². The number of hydrogen-bond acceptors (Lipinski definition) is 7. The summed E-state index contributed by atoms with van der Waals surface area (Å²) in [5.41, 5.74) is 3.10. The molecule has 9 heteroatoms. The van der Waals surface area contributed by atoms with Crippen molar-refractivity contribution in [2.45, 2.75) is 12.3 Å². The van der Waals surface area contributed by atoms with Crippen LogP contribution in [-0.2, 0) is 0 Å². The molecule has 3 aromatic carbocycles. The van der Waals surface area contributed by atoms with Gasteiger partial charge in [0.05, 0.1) is 22.6 Å². The van der Waals surface area contributed by atoms with E-state index >= 15 is 0 Å². The van der Waals surface area contributed by atoms with Gasteiger partial charge in [-0.3, -0.25) is 25.1 Å². The van der Waals surface area contributed by atoms with Gasteiger partial charge in [-0.05, 0) is 36.2 Å². The van der Waals surface area contributed by atoms with Crippen molar-refractivity contribution in [1.82, 2.24) is 4.90 Å². The summed E-state index contributed by atoms with van der Waals surface area (Å²) in [6, 6.07) is 21.2. The number of para-hydroxylation sites is 2. The van der Waals surface area contributed by atoms with Crippen molar-refractivity contribution in [2.24, 2.45) is 0 Å². The van der Waals surface area contributed by atoms with Gasteiger partial charge in [-0.25, -0.2) is 0 Å². The van der Waals surface area contributed by atoms with E-state index in [1.54, 1.807) is 31.4 Å². The normalized spacial score (nSPS) is 14.2. The Balaban J connectivity index is 1.45. The predicted octanol–water partition coefficient (Wildman–Crippen LogP) is 4.86. The maximum atomic E-state index is 11.1. The number of ether oxygens (including phenoxy) is 1. The number of benzene rings is 3. The Morgan fingerprint density at radius 2 is 1.31 bits per heavy atom. The van der Waals surface area contributed by atoms with Crippen molar-refractivity contribution in [1.29, 1.82) is 0 Å². The van der Waals surface area contributed by atoms with E-state index in [9.17, 15) is 20.2 Å². The molecule has 0 radical (unpaired) electrons. The van der Waals surface area contributed by atoms with Crippen LogP contribution < -0.4 is 9.64 Å². The second kappa shape index (κ2) is 11.0. The third kappa shape index (κ3) is 5.75. The number of nitrogens with zero attached hydrogens (tertiary/aromatic N) is 4. The molecule has 0 bridgehead atoms. The van der Waals surface area contributed by atoms with Crippen molar-refractivity contribution in [3.8, 4) is 5.75 Å². The van der Waals surface area contributed by atoms with E-state index in [1.165, 1.54) is 24.3 Å². The molecule has 182 valence electrons. The molecular weight excluding hydrogens is 448 g/mol. The summed E-state index contributed by atoms with van der Waals surface area (Å²) in [4.78, 5) is 26.1. The zero-order chi connectivity index (χ0) is 24.8. The molecule has 1 fully saturated rings. The van der Waals surface area contributed by atoms with Gasteiger partial charge in [0.25, 0.3) is 11.4 Å². The first-order valence-corrected chi connectivity index (χ1v) is 11.6. The van der Waals surface area contributed by atoms with E-state index in [0.29, 0.717) is 0 Å². The second-order valence-electron chi connectivity index (χ2n) is 8.54. The summed E-state index contributed by atoms with van der Waals surface area (Å²) in [6.07, 6.45) is 0.796. The summed E-state index contributed by atoms with van der Waals surface area (Å²) in [5, 5.41) is 22.2. The van der Waals surface area contributed by atoms with Crippen LogP contribution in [0.4, 0.5) is 17.1 Å². The van der Waals surface area contributed by atoms with E-state index in [4.69, 9.17) is 4.74 Å². The van der Waals surface area contributed by atoms with E-state index < -0.39 is 9.85 Å². The zero-order valence-electron chi connectivity index (χ0n) is 19.6. The highest BCUT2D eigenvalue weighted by atomic mass is 16.6. The number of nitro benzene ring substituents is 2. The summed E-state index contributed by atoms with van der Waals surface area (Å²) >= 11 is 0. The Morgan fingerprint density at radius 3 is 1.80 bits per heavy atom. The van der Waals surface area contributed by atoms with Gasteiger partial charge in [0.15, 0.2) is 0 Å². The van der Waals surface area contributed by atoms with Crippen LogP contribution in [0.5, 0.6) is 5.75 Å². The average Bonchev–Trinajstić information content (AvgIpc) is 2.89. The van der Waals surface area contributed by atoms with Crippen LogP contribution >= 0.6 is 0 Å². The summed E-state index contributed by atoms with van der Waals surface area (Å²) in [7, 11) is 1.69. The Morgan fingerprint density at radius 1 is 0.800 bits per heavy atom. The molecule has 0 aromatic heterocycles. The quantitative estimate of drug-likeness (QED) is 0.321. The van der Waals surface area contributed by atoms with Crippen LogP contribution in [0.2, 0.25) is 0 Å². The van der Waals surface area contributed by atoms with Crippen LogP contribution in [0, 0.1) is 20.2 Å². The Bertz CT molecular complexity index is 1100. The van der Waals surface area contributed by atoms with Gasteiger partial charge in [-0.15, -0.1) is 0 Å². The number of rotatable bonds is 9. The summed E-state index contributed by atoms with van der Waals surface area (Å²) in [6.45, 7) is 4.44. The van der Waals surface area contributed by atoms with Gasteiger partial charge in [-0.2, -0.15) is 0 Å². The first kappa shape index (κ1) is 24.2. The van der Waals surface area contributed by atoms with Crippen LogP contribution in [0.3, 0.4) is 0 Å². The van der Waals surface area contributed by atoms with Crippen LogP contribution in [0.25, 0.3) is 0 Å². The molecule has 4 rings (SSSR count). The maximum absolute atomic E-state index is 11.1. The van der Waals surface area contributed by atoms with Crippen molar-refractivity contribution >= 4 is 17.1 Å². The Labute approximate surface area is 203 Å². The topological polar surface area (TPSA) is 102 Å². The first-order chi connectivity index (χ1) is 17.0. The van der Waals surface area contributed by atoms with Crippen LogP contribution in [0.1, 0.15) is 23.5 Å². The Kier molecular flexibility index (Phi) is 7.57. The molecule has 1 aliphatic heterocycles. The summed E-state index contributed by atoms with van der Waals surface area (Å²) < 4.78 is 5.51. The molecule has 0 aliphatic carbocycles. The predicted molar refractivity (Wildman–Crippen MR) is 134 cm³/mol. The SMILES string of the molecule is COc1ccccc1N1CCN(CCC(c2ccc([N+](=O)[O-])cc2)c2ccc([N+](=O)[O-])cc2)CC1. The fourth-order valence-corrected chi connectivity index (χ4v) is 4.60. The van der Waals surface area contributed by atoms with Crippen molar-refractivity contribution in [3.05, 3.63) is 104 Å². The highest BCUT2D eigenvalue weighted by Crippen LogP contribution is 2.32. The average molecular weight is 477 g/mol. The molecule has 1 saturated heterocycles. The lowest BCUT2D eigenvalue weighted by atomic mass is 9.88. The molecule has 1 aliphatic rings. The van der Waals surface area contributed by atoms with Crippen molar-refractivity contribution in [3.63, 3.8) is 0 Å². The minimum Gasteiger partial charge on any atom is -0.495 e. The van der Waals surface area contributed by atoms with E-state index in [-0.39, 0.29) is 17.3 Å². The maximum Gasteiger partial charge on any atom is 0.269 e. The molecule has 35 heavy (non-hydrogen) atoms. The molecule has 0 amide bonds. The van der Waals surface area contributed by atoms with Crippen molar-refractivity contribution < 1.29 is 14.6 Å². The monoisotopic (exact) mass is 476 g/mol. The first-order valence-electron chi connectivity index (χ1n) is 11.6. The molecule has 3 aromatic rings. The fourth-order valence-electron chi connectivity index (χ4n) is 4.60. The molecule has 0 atom stereocenters. The van der Waals surface area contributed by atoms with Gasteiger partial charge in [0.1, 0.15) is 5.75 Å². The number of methoxy groups -OCH3 is 1. The summed E-state index contributed by atoms with van der Waals surface area (Å²) in [5.74, 6) is 0.848. The number of piperazine rings is 1. The third-order valence-electron chi connectivity index (χ3n) is 6.54. The van der Waals surface area contributed by atoms with Gasteiger partial charge in [0.2, 0.25) is 0 Å². The highest BCUT2D eigenvalue weighted by molar-refractivity contribution is 5.58. The molecule has 0 spiro atoms. The lowest BCUT2D eigenvalue weighted by Gasteiger charge is -2.37. The van der Waals surface area contributed by atoms with Crippen molar-refractivity contribution in [2.75, 3.05) is 44.7 Å². The molecular formula is C26H28N4O5. The van der Waals surface area contributed by atoms with Crippen LogP contribution in [0.15, 0.2) is 72.8 Å². The van der Waals surface area contributed by atoms with Gasteiger partial charge in [0, 0.05) is 56.4 Å². The zero-order valence-corrected chi connectivity index (χ0v) is 19.6. The number of anilines is 1. The highest BCUT2D eigenvalue weighted by Gasteiger charge is 2.22. The van der Waals surface area contributed by atoms with Gasteiger partial charge < -0.3 is 9.64 Å². The largest absolute Gasteiger partial charge is 0.495 e. The van der Waals surface area contributed by atoms with E-state index in [0.717, 1.165) is 61.7 Å². The molecule has 0 unspecified atom stereocenters.